The fraction of sp³-hybridized carbons (Fsp3) is 0.364. The molecular formula is C22H24Cl2N2O5S. The Bertz CT molecular complexity index is 1080. The summed E-state index contributed by atoms with van der Waals surface area (Å²) < 4.78 is 32.1. The first-order valence-corrected chi connectivity index (χ1v) is 12.4. The molecule has 3 rings (SSSR count). The highest BCUT2D eigenvalue weighted by Gasteiger charge is 2.33. The topological polar surface area (TPSA) is 92.8 Å². The lowest BCUT2D eigenvalue weighted by Gasteiger charge is -2.30. The molecule has 0 aromatic heterocycles. The molecule has 1 saturated heterocycles. The standard InChI is InChI=1S/C22H24Cl2N2O5S/c1-2-31-21(27)13-15-3-6-18(7-4-15)25-22(28)16-9-11-26(12-10-16)32(29,30)20-14-17(23)5-8-19(20)24/h3-8,14,16H,2,9-13H2,1H3,(H,25,28). The van der Waals surface area contributed by atoms with E-state index in [0.717, 1.165) is 5.56 Å². The number of carbonyl (C=O) groups is 2. The van der Waals surface area contributed by atoms with Crippen molar-refractivity contribution < 1.29 is 22.7 Å². The fourth-order valence-electron chi connectivity index (χ4n) is 3.50. The van der Waals surface area contributed by atoms with Crippen molar-refractivity contribution in [1.29, 1.82) is 0 Å². The number of sulfonamides is 1. The molecule has 0 spiro atoms. The Morgan fingerprint density at radius 1 is 1.09 bits per heavy atom. The quantitative estimate of drug-likeness (QED) is 0.579. The number of rotatable bonds is 7. The van der Waals surface area contributed by atoms with E-state index < -0.39 is 10.0 Å². The van der Waals surface area contributed by atoms with Crippen molar-refractivity contribution >= 4 is 50.8 Å². The van der Waals surface area contributed by atoms with E-state index in [-0.39, 0.29) is 52.2 Å². The first-order valence-electron chi connectivity index (χ1n) is 10.2. The summed E-state index contributed by atoms with van der Waals surface area (Å²) in [5.74, 6) is -0.776. The molecule has 7 nitrogen and oxygen atoms in total. The van der Waals surface area contributed by atoms with Gasteiger partial charge in [0.2, 0.25) is 15.9 Å². The van der Waals surface area contributed by atoms with Crippen LogP contribution in [-0.4, -0.2) is 44.3 Å². The van der Waals surface area contributed by atoms with Crippen molar-refractivity contribution in [3.8, 4) is 0 Å². The Labute approximate surface area is 197 Å². The minimum absolute atomic E-state index is 0.0301. The van der Waals surface area contributed by atoms with Crippen molar-refractivity contribution in [3.63, 3.8) is 0 Å². The molecule has 1 fully saturated rings. The third-order valence-corrected chi connectivity index (χ3v) is 7.83. The summed E-state index contributed by atoms with van der Waals surface area (Å²) in [4.78, 5) is 24.2. The maximum atomic E-state index is 12.9. The summed E-state index contributed by atoms with van der Waals surface area (Å²) in [7, 11) is -3.79. The number of esters is 1. The molecule has 0 unspecified atom stereocenters. The molecule has 1 amide bonds. The van der Waals surface area contributed by atoms with Crippen molar-refractivity contribution in [2.75, 3.05) is 25.0 Å². The van der Waals surface area contributed by atoms with E-state index >= 15 is 0 Å². The van der Waals surface area contributed by atoms with Crippen LogP contribution in [0.3, 0.4) is 0 Å². The number of ether oxygens (including phenoxy) is 1. The maximum absolute atomic E-state index is 12.9. The van der Waals surface area contributed by atoms with Crippen molar-refractivity contribution in [3.05, 3.63) is 58.1 Å². The van der Waals surface area contributed by atoms with Crippen LogP contribution < -0.4 is 5.32 Å². The van der Waals surface area contributed by atoms with Gasteiger partial charge in [-0.05, 0) is 55.7 Å². The van der Waals surface area contributed by atoms with E-state index in [4.69, 9.17) is 27.9 Å². The van der Waals surface area contributed by atoms with Crippen LogP contribution in [0.1, 0.15) is 25.3 Å². The zero-order valence-corrected chi connectivity index (χ0v) is 19.8. The minimum atomic E-state index is -3.79. The molecule has 10 heteroatoms. The number of nitrogens with zero attached hydrogens (tertiary/aromatic N) is 1. The number of benzene rings is 2. The van der Waals surface area contributed by atoms with Crippen LogP contribution in [0, 0.1) is 5.92 Å². The van der Waals surface area contributed by atoms with Crippen molar-refractivity contribution in [1.82, 2.24) is 4.31 Å². The molecule has 172 valence electrons. The number of hydrogen-bond donors (Lipinski definition) is 1. The van der Waals surface area contributed by atoms with Gasteiger partial charge in [-0.25, -0.2) is 8.42 Å². The molecule has 1 N–H and O–H groups in total. The van der Waals surface area contributed by atoms with Crippen LogP contribution in [0.4, 0.5) is 5.69 Å². The highest BCUT2D eigenvalue weighted by Crippen LogP contribution is 2.30. The van der Waals surface area contributed by atoms with Gasteiger partial charge in [-0.3, -0.25) is 9.59 Å². The van der Waals surface area contributed by atoms with E-state index in [1.54, 1.807) is 31.2 Å². The molecule has 1 aliphatic rings. The molecule has 2 aromatic rings. The van der Waals surface area contributed by atoms with E-state index in [1.807, 2.05) is 0 Å². The SMILES string of the molecule is CCOC(=O)Cc1ccc(NC(=O)C2CCN(S(=O)(=O)c3cc(Cl)ccc3Cl)CC2)cc1. The predicted octanol–water partition coefficient (Wildman–Crippen LogP) is 4.14. The van der Waals surface area contributed by atoms with Gasteiger partial charge in [0.25, 0.3) is 0 Å². The van der Waals surface area contributed by atoms with Crippen LogP contribution in [0.2, 0.25) is 10.0 Å². The Morgan fingerprint density at radius 2 is 1.75 bits per heavy atom. The molecule has 32 heavy (non-hydrogen) atoms. The number of piperidine rings is 1. The summed E-state index contributed by atoms with van der Waals surface area (Å²) in [5, 5.41) is 3.26. The molecule has 0 radical (unpaired) electrons. The summed E-state index contributed by atoms with van der Waals surface area (Å²) in [6, 6.07) is 11.3. The van der Waals surface area contributed by atoms with Gasteiger partial charge in [0.1, 0.15) is 4.90 Å². The largest absolute Gasteiger partial charge is 0.466 e. The summed E-state index contributed by atoms with van der Waals surface area (Å²) >= 11 is 12.0. The van der Waals surface area contributed by atoms with Gasteiger partial charge in [-0.1, -0.05) is 35.3 Å². The number of carbonyl (C=O) groups excluding carboxylic acids is 2. The average Bonchev–Trinajstić information content (AvgIpc) is 2.77. The third kappa shape index (κ3) is 6.01. The van der Waals surface area contributed by atoms with Crippen molar-refractivity contribution in [2.45, 2.75) is 31.1 Å². The van der Waals surface area contributed by atoms with Gasteiger partial charge in [0, 0.05) is 29.7 Å². The predicted molar refractivity (Wildman–Crippen MR) is 123 cm³/mol. The third-order valence-electron chi connectivity index (χ3n) is 5.21. The van der Waals surface area contributed by atoms with Crippen LogP contribution in [0.15, 0.2) is 47.4 Å². The van der Waals surface area contributed by atoms with Gasteiger partial charge in [0.15, 0.2) is 0 Å². The van der Waals surface area contributed by atoms with Gasteiger partial charge < -0.3 is 10.1 Å². The number of hydrogen-bond acceptors (Lipinski definition) is 5. The second-order valence-corrected chi connectivity index (χ2v) is 10.2. The summed E-state index contributed by atoms with van der Waals surface area (Å²) in [5.41, 5.74) is 1.41. The minimum Gasteiger partial charge on any atom is -0.466 e. The van der Waals surface area contributed by atoms with Crippen LogP contribution in [0.25, 0.3) is 0 Å². The molecule has 0 bridgehead atoms. The Kier molecular flexibility index (Phi) is 8.16. The first kappa shape index (κ1) is 24.5. The van der Waals surface area contributed by atoms with E-state index in [0.29, 0.717) is 25.1 Å². The molecule has 1 heterocycles. The van der Waals surface area contributed by atoms with Gasteiger partial charge in [0.05, 0.1) is 18.1 Å². The van der Waals surface area contributed by atoms with Gasteiger partial charge >= 0.3 is 5.97 Å². The summed E-state index contributed by atoms with van der Waals surface area (Å²) in [6.07, 6.45) is 0.958. The van der Waals surface area contributed by atoms with Crippen LogP contribution >= 0.6 is 23.2 Å². The molecule has 0 saturated carbocycles. The number of nitrogens with one attached hydrogen (secondary N) is 1. The average molecular weight is 499 g/mol. The smallest absolute Gasteiger partial charge is 0.310 e. The lowest BCUT2D eigenvalue weighted by atomic mass is 9.97. The van der Waals surface area contributed by atoms with Gasteiger partial charge in [-0.2, -0.15) is 4.31 Å². The van der Waals surface area contributed by atoms with E-state index in [1.165, 1.54) is 22.5 Å². The Hall–Kier alpha value is -2.13. The number of halogens is 2. The van der Waals surface area contributed by atoms with E-state index in [2.05, 4.69) is 5.32 Å². The van der Waals surface area contributed by atoms with Crippen LogP contribution in [-0.2, 0) is 30.8 Å². The lowest BCUT2D eigenvalue weighted by Crippen LogP contribution is -2.41. The monoisotopic (exact) mass is 498 g/mol. The molecule has 0 atom stereocenters. The molecular weight excluding hydrogens is 475 g/mol. The zero-order valence-electron chi connectivity index (χ0n) is 17.5. The zero-order chi connectivity index (χ0) is 23.3. The van der Waals surface area contributed by atoms with Gasteiger partial charge in [-0.15, -0.1) is 0 Å². The second-order valence-electron chi connectivity index (χ2n) is 7.42. The highest BCUT2D eigenvalue weighted by molar-refractivity contribution is 7.89. The molecule has 0 aliphatic carbocycles. The first-order chi connectivity index (χ1) is 15.2. The Morgan fingerprint density at radius 3 is 2.38 bits per heavy atom. The van der Waals surface area contributed by atoms with Crippen molar-refractivity contribution in [2.24, 2.45) is 5.92 Å². The fourth-order valence-corrected chi connectivity index (χ4v) is 5.71. The lowest BCUT2D eigenvalue weighted by molar-refractivity contribution is -0.142. The van der Waals surface area contributed by atoms with E-state index in [9.17, 15) is 18.0 Å². The molecule has 1 aliphatic heterocycles. The maximum Gasteiger partial charge on any atom is 0.310 e. The summed E-state index contributed by atoms with van der Waals surface area (Å²) in [6.45, 7) is 2.51. The normalized spacial score (nSPS) is 15.3. The number of anilines is 1. The van der Waals surface area contributed by atoms with Crippen LogP contribution in [0.5, 0.6) is 0 Å². The second kappa shape index (κ2) is 10.7. The molecule has 2 aromatic carbocycles. The Balaban J connectivity index is 1.56. The highest BCUT2D eigenvalue weighted by atomic mass is 35.5. The number of amides is 1.